The molecule has 3 unspecified atom stereocenters. The molecule has 204 valence electrons. The summed E-state index contributed by atoms with van der Waals surface area (Å²) >= 11 is 12.7. The van der Waals surface area contributed by atoms with Crippen molar-refractivity contribution < 1.29 is 23.9 Å². The van der Waals surface area contributed by atoms with Gasteiger partial charge in [0.2, 0.25) is 5.24 Å². The third kappa shape index (κ3) is 11.4. The summed E-state index contributed by atoms with van der Waals surface area (Å²) < 4.78 is 11.9. The number of ether oxygens (including phenoxy) is 2. The zero-order valence-corrected chi connectivity index (χ0v) is 24.5. The van der Waals surface area contributed by atoms with Crippen molar-refractivity contribution in [3.05, 3.63) is 48.0 Å². The standard InChI is InChI=1S/C27H37ClN2O5S2/c1-18(2)23(29-25(33)35-27(3,4)5)24(32)34-21(12-9-13-22(28)31)14-15-30-20(17-37-26(30)36)16-19-10-7-6-8-11-19/h6-12,18,20-21,23H,13-17H2,1-5H3,(H,29,33). The molecule has 1 aromatic carbocycles. The van der Waals surface area contributed by atoms with Crippen LogP contribution in [0.5, 0.6) is 0 Å². The largest absolute Gasteiger partial charge is 0.457 e. The summed E-state index contributed by atoms with van der Waals surface area (Å²) in [5, 5.41) is 2.12. The third-order valence-electron chi connectivity index (χ3n) is 5.53. The molecular weight excluding hydrogens is 532 g/mol. The van der Waals surface area contributed by atoms with Crippen molar-refractivity contribution in [1.29, 1.82) is 0 Å². The van der Waals surface area contributed by atoms with Crippen LogP contribution in [0.25, 0.3) is 0 Å². The molecule has 0 radical (unpaired) electrons. The van der Waals surface area contributed by atoms with Crippen molar-refractivity contribution in [2.45, 2.75) is 77.7 Å². The molecule has 0 bridgehead atoms. The van der Waals surface area contributed by atoms with E-state index in [1.54, 1.807) is 44.7 Å². The average molecular weight is 569 g/mol. The summed E-state index contributed by atoms with van der Waals surface area (Å²) in [6.45, 7) is 9.45. The maximum Gasteiger partial charge on any atom is 0.408 e. The number of thioether (sulfide) groups is 1. The highest BCUT2D eigenvalue weighted by Crippen LogP contribution is 2.27. The van der Waals surface area contributed by atoms with Gasteiger partial charge in [0, 0.05) is 31.2 Å². The molecule has 1 amide bonds. The van der Waals surface area contributed by atoms with Gasteiger partial charge in [-0.2, -0.15) is 0 Å². The van der Waals surface area contributed by atoms with E-state index in [1.165, 1.54) is 5.56 Å². The Labute approximate surface area is 234 Å². The number of nitrogens with zero attached hydrogens (tertiary/aromatic N) is 1. The number of benzene rings is 1. The molecule has 1 fully saturated rings. The quantitative estimate of drug-likeness (QED) is 0.153. The molecule has 1 aliphatic rings. The van der Waals surface area contributed by atoms with Crippen LogP contribution in [0.3, 0.4) is 0 Å². The first-order valence-corrected chi connectivity index (χ1v) is 14.1. The Morgan fingerprint density at radius 3 is 2.51 bits per heavy atom. The predicted octanol–water partition coefficient (Wildman–Crippen LogP) is 5.49. The molecule has 1 aromatic rings. The topological polar surface area (TPSA) is 84.9 Å². The fourth-order valence-electron chi connectivity index (χ4n) is 3.75. The number of thiocarbonyl (C=S) groups is 1. The Kier molecular flexibility index (Phi) is 12.4. The molecule has 10 heteroatoms. The number of amides is 1. The lowest BCUT2D eigenvalue weighted by molar-refractivity contribution is -0.151. The molecule has 1 aliphatic heterocycles. The van der Waals surface area contributed by atoms with Gasteiger partial charge < -0.3 is 19.7 Å². The summed E-state index contributed by atoms with van der Waals surface area (Å²) in [6.07, 6.45) is 3.29. The molecule has 0 saturated carbocycles. The highest BCUT2D eigenvalue weighted by atomic mass is 35.5. The number of carbonyl (C=O) groups is 3. The van der Waals surface area contributed by atoms with Gasteiger partial charge in [0.15, 0.2) is 0 Å². The minimum absolute atomic E-state index is 0.0218. The molecule has 1 N–H and O–H groups in total. The Morgan fingerprint density at radius 1 is 1.24 bits per heavy atom. The van der Waals surface area contributed by atoms with Crippen LogP contribution < -0.4 is 5.32 Å². The van der Waals surface area contributed by atoms with Crippen molar-refractivity contribution in [3.8, 4) is 0 Å². The third-order valence-corrected chi connectivity index (χ3v) is 7.31. The number of nitrogens with one attached hydrogen (secondary N) is 1. The molecule has 1 saturated heterocycles. The molecule has 1 heterocycles. The fourth-order valence-corrected chi connectivity index (χ4v) is 5.32. The summed E-state index contributed by atoms with van der Waals surface area (Å²) in [4.78, 5) is 38.8. The van der Waals surface area contributed by atoms with Crippen LogP contribution in [0.1, 0.15) is 53.0 Å². The first-order chi connectivity index (χ1) is 17.4. The molecule has 3 atom stereocenters. The van der Waals surface area contributed by atoms with Crippen molar-refractivity contribution in [1.82, 2.24) is 10.2 Å². The average Bonchev–Trinajstić information content (AvgIpc) is 3.13. The van der Waals surface area contributed by atoms with Crippen LogP contribution in [0.15, 0.2) is 42.5 Å². The lowest BCUT2D eigenvalue weighted by Gasteiger charge is -2.28. The van der Waals surface area contributed by atoms with Gasteiger partial charge in [-0.15, -0.1) is 0 Å². The molecule has 37 heavy (non-hydrogen) atoms. The number of esters is 1. The van der Waals surface area contributed by atoms with Crippen molar-refractivity contribution in [3.63, 3.8) is 0 Å². The summed E-state index contributed by atoms with van der Waals surface area (Å²) in [7, 11) is 0. The van der Waals surface area contributed by atoms with E-state index in [2.05, 4.69) is 22.3 Å². The van der Waals surface area contributed by atoms with Gasteiger partial charge in [0.25, 0.3) is 0 Å². The van der Waals surface area contributed by atoms with Crippen LogP contribution in [-0.4, -0.2) is 62.6 Å². The minimum atomic E-state index is -0.894. The fraction of sp³-hybridized carbons (Fsp3) is 0.556. The smallest absolute Gasteiger partial charge is 0.408 e. The second kappa shape index (κ2) is 14.7. The van der Waals surface area contributed by atoms with E-state index in [-0.39, 0.29) is 18.4 Å². The number of hydrogen-bond donors (Lipinski definition) is 1. The molecule has 0 aromatic heterocycles. The lowest BCUT2D eigenvalue weighted by atomic mass is 10.0. The van der Waals surface area contributed by atoms with Gasteiger partial charge >= 0.3 is 12.1 Å². The van der Waals surface area contributed by atoms with Crippen LogP contribution in [0, 0.1) is 5.92 Å². The van der Waals surface area contributed by atoms with Gasteiger partial charge in [-0.05, 0) is 56.4 Å². The summed E-state index contributed by atoms with van der Waals surface area (Å²) in [5.41, 5.74) is 0.538. The van der Waals surface area contributed by atoms with Crippen LogP contribution in [-0.2, 0) is 25.5 Å². The maximum absolute atomic E-state index is 13.1. The molecular formula is C27H37ClN2O5S2. The first kappa shape index (κ1) is 31.1. The molecule has 0 spiro atoms. The van der Waals surface area contributed by atoms with Gasteiger partial charge in [0.1, 0.15) is 22.1 Å². The molecule has 0 aliphatic carbocycles. The van der Waals surface area contributed by atoms with Gasteiger partial charge in [0.05, 0.1) is 0 Å². The Balaban J connectivity index is 2.09. The van der Waals surface area contributed by atoms with Crippen molar-refractivity contribution in [2.24, 2.45) is 5.92 Å². The highest BCUT2D eigenvalue weighted by Gasteiger charge is 2.32. The van der Waals surface area contributed by atoms with E-state index in [9.17, 15) is 14.4 Å². The van der Waals surface area contributed by atoms with E-state index < -0.39 is 35.1 Å². The van der Waals surface area contributed by atoms with Crippen LogP contribution >= 0.6 is 35.6 Å². The number of allylic oxidation sites excluding steroid dienone is 1. The van der Waals surface area contributed by atoms with Crippen molar-refractivity contribution in [2.75, 3.05) is 12.3 Å². The number of alkyl carbamates (subject to hydrolysis) is 1. The number of carbonyl (C=O) groups excluding carboxylic acids is 3. The summed E-state index contributed by atoms with van der Waals surface area (Å²) in [5.74, 6) is 0.0862. The number of halogens is 1. The predicted molar refractivity (Wildman–Crippen MR) is 153 cm³/mol. The Hall–Kier alpha value is -2.10. The maximum atomic E-state index is 13.1. The highest BCUT2D eigenvalue weighted by molar-refractivity contribution is 8.23. The Bertz CT molecular complexity index is 965. The summed E-state index contributed by atoms with van der Waals surface area (Å²) in [6, 6.07) is 9.59. The van der Waals surface area contributed by atoms with Gasteiger partial charge in [-0.25, -0.2) is 9.59 Å². The normalized spacial score (nSPS) is 17.6. The first-order valence-electron chi connectivity index (χ1n) is 12.4. The van der Waals surface area contributed by atoms with Crippen molar-refractivity contribution >= 4 is 57.2 Å². The number of hydrogen-bond acceptors (Lipinski definition) is 7. The van der Waals surface area contributed by atoms with Crippen LogP contribution in [0.4, 0.5) is 4.79 Å². The minimum Gasteiger partial charge on any atom is -0.457 e. The monoisotopic (exact) mass is 568 g/mol. The second-order valence-corrected chi connectivity index (χ2v) is 12.3. The van der Waals surface area contributed by atoms with E-state index in [1.807, 2.05) is 32.0 Å². The van der Waals surface area contributed by atoms with E-state index in [4.69, 9.17) is 33.3 Å². The van der Waals surface area contributed by atoms with E-state index >= 15 is 0 Å². The SMILES string of the molecule is CC(C)C(NC(=O)OC(C)(C)C)C(=O)OC(C=CCC(=O)Cl)CCN1C(=S)SCC1Cc1ccccc1. The van der Waals surface area contributed by atoms with Crippen LogP contribution in [0.2, 0.25) is 0 Å². The lowest BCUT2D eigenvalue weighted by Crippen LogP contribution is -2.48. The van der Waals surface area contributed by atoms with Gasteiger partial charge in [-0.3, -0.25) is 4.79 Å². The van der Waals surface area contributed by atoms with Gasteiger partial charge in [-0.1, -0.05) is 74.2 Å². The van der Waals surface area contributed by atoms with E-state index in [0.717, 1.165) is 16.5 Å². The zero-order valence-electron chi connectivity index (χ0n) is 22.1. The zero-order chi connectivity index (χ0) is 27.6. The number of rotatable bonds is 12. The molecule has 2 rings (SSSR count). The second-order valence-electron chi connectivity index (χ2n) is 10.2. The van der Waals surface area contributed by atoms with E-state index in [0.29, 0.717) is 13.0 Å². The molecule has 7 nitrogen and oxygen atoms in total. The Morgan fingerprint density at radius 2 is 1.92 bits per heavy atom.